The number of hydrogen-bond donors (Lipinski definition) is 1. The summed E-state index contributed by atoms with van der Waals surface area (Å²) in [6, 6.07) is 15.2. The molecule has 1 N–H and O–H groups in total. The Kier molecular flexibility index (Phi) is 5.86. The number of ether oxygens (including phenoxy) is 1. The molecule has 0 radical (unpaired) electrons. The van der Waals surface area contributed by atoms with Crippen molar-refractivity contribution in [3.63, 3.8) is 0 Å². The van der Waals surface area contributed by atoms with Crippen molar-refractivity contribution in [1.82, 2.24) is 9.55 Å². The van der Waals surface area contributed by atoms with Crippen LogP contribution in [0.1, 0.15) is 34.1 Å². The number of aryl methyl sites for hydroxylation is 2. The molecule has 0 saturated carbocycles. The van der Waals surface area contributed by atoms with Crippen LogP contribution in [0.3, 0.4) is 0 Å². The van der Waals surface area contributed by atoms with Gasteiger partial charge in [0, 0.05) is 12.7 Å². The summed E-state index contributed by atoms with van der Waals surface area (Å²) in [6.45, 7) is 7.13. The molecule has 0 unspecified atom stereocenters. The first-order valence-electron chi connectivity index (χ1n) is 10.0. The van der Waals surface area contributed by atoms with Crippen LogP contribution in [-0.4, -0.2) is 27.8 Å². The number of ketones is 1. The van der Waals surface area contributed by atoms with Crippen LogP contribution in [0.2, 0.25) is 0 Å². The fourth-order valence-corrected chi connectivity index (χ4v) is 4.23. The van der Waals surface area contributed by atoms with E-state index in [1.54, 1.807) is 16.7 Å². The Hall–Kier alpha value is -3.45. The number of carbonyl (C=O) groups is 2. The number of aromatic nitrogens is 2. The Bertz CT molecular complexity index is 1270. The third kappa shape index (κ3) is 4.51. The van der Waals surface area contributed by atoms with Crippen molar-refractivity contribution in [2.24, 2.45) is 0 Å². The molecule has 1 amide bonds. The molecule has 2 aromatic carbocycles. The van der Waals surface area contributed by atoms with Gasteiger partial charge in [0.25, 0.3) is 11.7 Å². The Morgan fingerprint density at radius 1 is 1.10 bits per heavy atom. The van der Waals surface area contributed by atoms with E-state index in [0.29, 0.717) is 24.0 Å². The number of Topliss-reactive ketones (excluding diaryl/α,β-unsaturated/α-hetero) is 1. The van der Waals surface area contributed by atoms with Gasteiger partial charge < -0.3 is 9.30 Å². The minimum Gasteiger partial charge on any atom is -0.494 e. The predicted molar refractivity (Wildman–Crippen MR) is 123 cm³/mol. The molecule has 0 aliphatic rings. The molecular weight excluding hydrogens is 410 g/mol. The van der Waals surface area contributed by atoms with E-state index in [2.05, 4.69) is 36.3 Å². The van der Waals surface area contributed by atoms with Gasteiger partial charge in [-0.05, 0) is 67.8 Å². The summed E-state index contributed by atoms with van der Waals surface area (Å²) < 4.78 is 8.17. The van der Waals surface area contributed by atoms with E-state index >= 15 is 0 Å². The molecule has 31 heavy (non-hydrogen) atoms. The molecule has 4 rings (SSSR count). The number of fused-ring (bicyclic) bond motifs is 1. The summed E-state index contributed by atoms with van der Waals surface area (Å²) in [6.07, 6.45) is 1.81. The first-order chi connectivity index (χ1) is 14.9. The fourth-order valence-electron chi connectivity index (χ4n) is 3.34. The third-order valence-electron chi connectivity index (χ3n) is 5.08. The molecule has 7 heteroatoms. The quantitative estimate of drug-likeness (QED) is 0.329. The van der Waals surface area contributed by atoms with E-state index in [4.69, 9.17) is 4.74 Å². The number of carbonyl (C=O) groups excluding carboxylic acids is 2. The maximum absolute atomic E-state index is 12.8. The summed E-state index contributed by atoms with van der Waals surface area (Å²) in [5, 5.41) is 3.03. The van der Waals surface area contributed by atoms with Gasteiger partial charge in [-0.15, -0.1) is 0 Å². The summed E-state index contributed by atoms with van der Waals surface area (Å²) in [5.41, 5.74) is 4.57. The van der Waals surface area contributed by atoms with Crippen LogP contribution in [-0.2, 0) is 11.3 Å². The van der Waals surface area contributed by atoms with Gasteiger partial charge in [0.15, 0.2) is 5.13 Å². The lowest BCUT2D eigenvalue weighted by atomic mass is 10.1. The highest BCUT2D eigenvalue weighted by Gasteiger charge is 2.21. The zero-order valence-corrected chi connectivity index (χ0v) is 18.5. The standard InChI is InChI=1S/C24H23N3O3S/c1-4-30-18-9-10-19-21(13-18)31-24(25-19)26-23(29)22(28)20-6-5-11-27(20)14-17-8-7-15(2)16(3)12-17/h5-13H,4,14H2,1-3H3,(H,25,26,29). The molecule has 0 aliphatic heterocycles. The molecule has 6 nitrogen and oxygen atoms in total. The van der Waals surface area contributed by atoms with Crippen LogP contribution < -0.4 is 10.1 Å². The summed E-state index contributed by atoms with van der Waals surface area (Å²) >= 11 is 1.31. The maximum Gasteiger partial charge on any atom is 0.300 e. The Labute approximate surface area is 184 Å². The first-order valence-corrected chi connectivity index (χ1v) is 10.9. The highest BCUT2D eigenvalue weighted by Crippen LogP contribution is 2.29. The topological polar surface area (TPSA) is 73.2 Å². The number of nitrogens with one attached hydrogen (secondary N) is 1. The SMILES string of the molecule is CCOc1ccc2nc(NC(=O)C(=O)c3cccn3Cc3ccc(C)c(C)c3)sc2c1. The van der Waals surface area contributed by atoms with Crippen LogP contribution >= 0.6 is 11.3 Å². The van der Waals surface area contributed by atoms with Gasteiger partial charge in [-0.25, -0.2) is 4.98 Å². The van der Waals surface area contributed by atoms with Crippen molar-refractivity contribution in [1.29, 1.82) is 0 Å². The largest absolute Gasteiger partial charge is 0.494 e. The molecule has 0 atom stereocenters. The van der Waals surface area contributed by atoms with Gasteiger partial charge in [-0.2, -0.15) is 0 Å². The highest BCUT2D eigenvalue weighted by molar-refractivity contribution is 7.22. The van der Waals surface area contributed by atoms with Crippen molar-refractivity contribution in [3.05, 3.63) is 77.1 Å². The third-order valence-corrected chi connectivity index (χ3v) is 6.02. The van der Waals surface area contributed by atoms with E-state index in [1.807, 2.05) is 37.4 Å². The maximum atomic E-state index is 12.8. The van der Waals surface area contributed by atoms with Crippen molar-refractivity contribution < 1.29 is 14.3 Å². The monoisotopic (exact) mass is 433 g/mol. The van der Waals surface area contributed by atoms with Crippen molar-refractivity contribution in [2.75, 3.05) is 11.9 Å². The summed E-state index contributed by atoms with van der Waals surface area (Å²) in [5.74, 6) is -0.552. The number of amides is 1. The molecule has 0 fully saturated rings. The normalized spacial score (nSPS) is 10.9. The van der Waals surface area contributed by atoms with Gasteiger partial charge in [-0.1, -0.05) is 29.5 Å². The highest BCUT2D eigenvalue weighted by atomic mass is 32.1. The van der Waals surface area contributed by atoms with Crippen molar-refractivity contribution in [2.45, 2.75) is 27.3 Å². The first kappa shape index (κ1) is 20.8. The van der Waals surface area contributed by atoms with E-state index in [1.165, 1.54) is 22.5 Å². The van der Waals surface area contributed by atoms with Crippen LogP contribution in [0.5, 0.6) is 5.75 Å². The molecule has 0 aliphatic carbocycles. The Balaban J connectivity index is 1.50. The smallest absolute Gasteiger partial charge is 0.300 e. The van der Waals surface area contributed by atoms with Gasteiger partial charge >= 0.3 is 0 Å². The molecule has 0 bridgehead atoms. The number of rotatable bonds is 7. The molecular formula is C24H23N3O3S. The minimum atomic E-state index is -0.705. The van der Waals surface area contributed by atoms with Crippen LogP contribution in [0.15, 0.2) is 54.7 Å². The lowest BCUT2D eigenvalue weighted by Crippen LogP contribution is -2.25. The second kappa shape index (κ2) is 8.73. The van der Waals surface area contributed by atoms with Gasteiger partial charge in [0.1, 0.15) is 5.75 Å². The Morgan fingerprint density at radius 2 is 1.94 bits per heavy atom. The molecule has 0 spiro atoms. The van der Waals surface area contributed by atoms with Crippen molar-refractivity contribution >= 4 is 38.4 Å². The second-order valence-electron chi connectivity index (χ2n) is 7.30. The molecule has 4 aromatic rings. The van der Waals surface area contributed by atoms with Crippen LogP contribution in [0, 0.1) is 13.8 Å². The van der Waals surface area contributed by atoms with E-state index in [-0.39, 0.29) is 0 Å². The second-order valence-corrected chi connectivity index (χ2v) is 8.34. The average molecular weight is 434 g/mol. The average Bonchev–Trinajstić information content (AvgIpc) is 3.36. The number of hydrogen-bond acceptors (Lipinski definition) is 5. The van der Waals surface area contributed by atoms with Crippen LogP contribution in [0.25, 0.3) is 10.2 Å². The zero-order chi connectivity index (χ0) is 22.0. The van der Waals surface area contributed by atoms with E-state index < -0.39 is 11.7 Å². The number of anilines is 1. The van der Waals surface area contributed by atoms with E-state index in [0.717, 1.165) is 21.5 Å². The minimum absolute atomic E-state index is 0.343. The fraction of sp³-hybridized carbons (Fsp3) is 0.208. The van der Waals surface area contributed by atoms with Gasteiger partial charge in [0.2, 0.25) is 0 Å². The lowest BCUT2D eigenvalue weighted by molar-refractivity contribution is -0.112. The molecule has 158 valence electrons. The van der Waals surface area contributed by atoms with Crippen LogP contribution in [0.4, 0.5) is 5.13 Å². The van der Waals surface area contributed by atoms with E-state index in [9.17, 15) is 9.59 Å². The van der Waals surface area contributed by atoms with Gasteiger partial charge in [-0.3, -0.25) is 14.9 Å². The molecule has 2 heterocycles. The van der Waals surface area contributed by atoms with Gasteiger partial charge in [0.05, 0.1) is 22.5 Å². The number of thiazole rings is 1. The summed E-state index contributed by atoms with van der Waals surface area (Å²) in [7, 11) is 0. The lowest BCUT2D eigenvalue weighted by Gasteiger charge is -2.10. The Morgan fingerprint density at radius 3 is 2.71 bits per heavy atom. The molecule has 0 saturated heterocycles. The predicted octanol–water partition coefficient (Wildman–Crippen LogP) is 4.98. The molecule has 2 aromatic heterocycles. The zero-order valence-electron chi connectivity index (χ0n) is 17.6. The van der Waals surface area contributed by atoms with Crippen molar-refractivity contribution in [3.8, 4) is 5.75 Å². The number of nitrogens with zero attached hydrogens (tertiary/aromatic N) is 2. The number of benzene rings is 2. The summed E-state index contributed by atoms with van der Waals surface area (Å²) in [4.78, 5) is 29.8.